The molecule has 1 aliphatic rings. The summed E-state index contributed by atoms with van der Waals surface area (Å²) in [7, 11) is -2.97. The second-order valence-electron chi connectivity index (χ2n) is 6.57. The number of carbonyl (C=O) groups excluding carboxylic acids is 1. The summed E-state index contributed by atoms with van der Waals surface area (Å²) in [4.78, 5) is 12.2. The molecule has 1 atom stereocenters. The van der Waals surface area contributed by atoms with Crippen LogP contribution in [0.3, 0.4) is 0 Å². The number of amides is 1. The highest BCUT2D eigenvalue weighted by Gasteiger charge is 2.29. The molecule has 0 bridgehead atoms. The van der Waals surface area contributed by atoms with Gasteiger partial charge in [-0.3, -0.25) is 9.48 Å². The molecular weight excluding hydrogens is 302 g/mol. The van der Waals surface area contributed by atoms with E-state index in [1.165, 1.54) is 0 Å². The van der Waals surface area contributed by atoms with Gasteiger partial charge in [-0.2, -0.15) is 5.10 Å². The molecular formula is C15H25N3O3S. The number of nitrogens with zero attached hydrogens (tertiary/aromatic N) is 2. The molecule has 1 fully saturated rings. The summed E-state index contributed by atoms with van der Waals surface area (Å²) in [6.45, 7) is 8.97. The first-order chi connectivity index (χ1) is 10.2. The van der Waals surface area contributed by atoms with Crippen LogP contribution >= 0.6 is 0 Å². The van der Waals surface area contributed by atoms with Crippen molar-refractivity contribution in [2.75, 3.05) is 11.5 Å². The standard InChI is InChI=1S/C15H25N3O3S/c1-10(2)8-18-12(4)14(11(3)17-18)7-15(19)16-13-5-6-22(20,21)9-13/h10,13H,5-9H2,1-4H3,(H,16,19)/t13-/m0/s1. The smallest absolute Gasteiger partial charge is 0.224 e. The first kappa shape index (κ1) is 17.0. The van der Waals surface area contributed by atoms with Gasteiger partial charge in [-0.05, 0) is 26.2 Å². The first-order valence-electron chi connectivity index (χ1n) is 7.70. The summed E-state index contributed by atoms with van der Waals surface area (Å²) < 4.78 is 24.8. The minimum atomic E-state index is -2.97. The highest BCUT2D eigenvalue weighted by atomic mass is 32.2. The lowest BCUT2D eigenvalue weighted by Crippen LogP contribution is -2.36. The molecule has 22 heavy (non-hydrogen) atoms. The van der Waals surface area contributed by atoms with Gasteiger partial charge in [0.2, 0.25) is 5.91 Å². The number of hydrogen-bond donors (Lipinski definition) is 1. The third kappa shape index (κ3) is 4.09. The van der Waals surface area contributed by atoms with Crippen LogP contribution in [0.25, 0.3) is 0 Å². The zero-order valence-electron chi connectivity index (χ0n) is 13.7. The van der Waals surface area contributed by atoms with E-state index < -0.39 is 9.84 Å². The van der Waals surface area contributed by atoms with E-state index in [2.05, 4.69) is 24.3 Å². The van der Waals surface area contributed by atoms with Gasteiger partial charge in [-0.1, -0.05) is 13.8 Å². The quantitative estimate of drug-likeness (QED) is 0.875. The molecule has 1 aromatic rings. The molecule has 0 aliphatic carbocycles. The van der Waals surface area contributed by atoms with E-state index in [4.69, 9.17) is 0 Å². The monoisotopic (exact) mass is 327 g/mol. The average molecular weight is 327 g/mol. The van der Waals surface area contributed by atoms with Crippen molar-refractivity contribution < 1.29 is 13.2 Å². The van der Waals surface area contributed by atoms with Gasteiger partial charge in [0.15, 0.2) is 9.84 Å². The van der Waals surface area contributed by atoms with Gasteiger partial charge >= 0.3 is 0 Å². The molecule has 1 saturated heterocycles. The van der Waals surface area contributed by atoms with Crippen molar-refractivity contribution in [3.05, 3.63) is 17.0 Å². The summed E-state index contributed by atoms with van der Waals surface area (Å²) in [5.74, 6) is 0.590. The molecule has 6 nitrogen and oxygen atoms in total. The lowest BCUT2D eigenvalue weighted by atomic mass is 10.1. The molecule has 0 unspecified atom stereocenters. The van der Waals surface area contributed by atoms with Gasteiger partial charge in [0.1, 0.15) is 0 Å². The minimum Gasteiger partial charge on any atom is -0.352 e. The fraction of sp³-hybridized carbons (Fsp3) is 0.733. The van der Waals surface area contributed by atoms with Crippen molar-refractivity contribution >= 4 is 15.7 Å². The number of aryl methyl sites for hydroxylation is 1. The fourth-order valence-corrected chi connectivity index (χ4v) is 4.53. The molecule has 1 aliphatic heterocycles. The van der Waals surface area contributed by atoms with E-state index in [1.807, 2.05) is 18.5 Å². The highest BCUT2D eigenvalue weighted by molar-refractivity contribution is 7.91. The number of carbonyl (C=O) groups is 1. The molecule has 7 heteroatoms. The fourth-order valence-electron chi connectivity index (χ4n) is 2.86. The Bertz CT molecular complexity index is 662. The lowest BCUT2D eigenvalue weighted by Gasteiger charge is -2.11. The maximum atomic E-state index is 12.2. The Balaban J connectivity index is 2.01. The van der Waals surface area contributed by atoms with Gasteiger partial charge < -0.3 is 5.32 Å². The molecule has 0 radical (unpaired) electrons. The Kier molecular flexibility index (Phi) is 4.94. The van der Waals surface area contributed by atoms with Crippen LogP contribution in [0, 0.1) is 19.8 Å². The number of nitrogens with one attached hydrogen (secondary N) is 1. The van der Waals surface area contributed by atoms with Gasteiger partial charge in [0.25, 0.3) is 0 Å². The van der Waals surface area contributed by atoms with Crippen molar-refractivity contribution in [2.24, 2.45) is 5.92 Å². The Morgan fingerprint density at radius 2 is 2.09 bits per heavy atom. The number of aromatic nitrogens is 2. The van der Waals surface area contributed by atoms with Crippen LogP contribution in [0.5, 0.6) is 0 Å². The predicted molar refractivity (Wildman–Crippen MR) is 85.4 cm³/mol. The van der Waals surface area contributed by atoms with Gasteiger partial charge in [-0.15, -0.1) is 0 Å². The zero-order chi connectivity index (χ0) is 16.5. The Morgan fingerprint density at radius 1 is 1.41 bits per heavy atom. The Labute approximate surface area is 132 Å². The minimum absolute atomic E-state index is 0.0588. The van der Waals surface area contributed by atoms with Crippen LogP contribution in [0.2, 0.25) is 0 Å². The third-order valence-electron chi connectivity index (χ3n) is 4.00. The van der Waals surface area contributed by atoms with Crippen molar-refractivity contribution in [3.8, 4) is 0 Å². The van der Waals surface area contributed by atoms with E-state index in [0.717, 1.165) is 23.5 Å². The lowest BCUT2D eigenvalue weighted by molar-refractivity contribution is -0.121. The molecule has 0 spiro atoms. The van der Waals surface area contributed by atoms with E-state index in [9.17, 15) is 13.2 Å². The summed E-state index contributed by atoms with van der Waals surface area (Å²) in [6.07, 6.45) is 0.769. The topological polar surface area (TPSA) is 81.1 Å². The molecule has 124 valence electrons. The van der Waals surface area contributed by atoms with E-state index in [-0.39, 0.29) is 29.9 Å². The zero-order valence-corrected chi connectivity index (χ0v) is 14.5. The molecule has 1 aromatic heterocycles. The molecule has 0 aromatic carbocycles. The summed E-state index contributed by atoms with van der Waals surface area (Å²) in [5, 5.41) is 7.33. The van der Waals surface area contributed by atoms with E-state index in [0.29, 0.717) is 12.3 Å². The first-order valence-corrected chi connectivity index (χ1v) is 9.52. The second-order valence-corrected chi connectivity index (χ2v) is 8.80. The molecule has 0 saturated carbocycles. The van der Waals surface area contributed by atoms with Gasteiger partial charge in [-0.25, -0.2) is 8.42 Å². The Morgan fingerprint density at radius 3 is 2.64 bits per heavy atom. The van der Waals surface area contributed by atoms with Gasteiger partial charge in [0.05, 0.1) is 23.6 Å². The molecule has 2 heterocycles. The van der Waals surface area contributed by atoms with E-state index >= 15 is 0 Å². The van der Waals surface area contributed by atoms with Gasteiger partial charge in [0, 0.05) is 23.8 Å². The third-order valence-corrected chi connectivity index (χ3v) is 5.77. The highest BCUT2D eigenvalue weighted by Crippen LogP contribution is 2.16. The van der Waals surface area contributed by atoms with Crippen LogP contribution in [0.1, 0.15) is 37.2 Å². The average Bonchev–Trinajstić information content (AvgIpc) is 2.83. The van der Waals surface area contributed by atoms with Crippen molar-refractivity contribution in [1.82, 2.24) is 15.1 Å². The predicted octanol–water partition coefficient (Wildman–Crippen LogP) is 1.00. The molecule has 2 rings (SSSR count). The molecule has 1 N–H and O–H groups in total. The van der Waals surface area contributed by atoms with Crippen LogP contribution < -0.4 is 5.32 Å². The largest absolute Gasteiger partial charge is 0.352 e. The maximum Gasteiger partial charge on any atom is 0.224 e. The SMILES string of the molecule is Cc1nn(CC(C)C)c(C)c1CC(=O)N[C@H]1CCS(=O)(=O)C1. The maximum absolute atomic E-state index is 12.2. The van der Waals surface area contributed by atoms with Crippen LogP contribution in [0.4, 0.5) is 0 Å². The normalized spacial score (nSPS) is 20.5. The Hall–Kier alpha value is -1.37. The number of hydrogen-bond acceptors (Lipinski definition) is 4. The summed E-state index contributed by atoms with van der Waals surface area (Å²) in [5.41, 5.74) is 2.83. The van der Waals surface area contributed by atoms with Crippen molar-refractivity contribution in [1.29, 1.82) is 0 Å². The van der Waals surface area contributed by atoms with E-state index in [1.54, 1.807) is 0 Å². The van der Waals surface area contributed by atoms with Crippen LogP contribution in [0.15, 0.2) is 0 Å². The van der Waals surface area contributed by atoms with Crippen molar-refractivity contribution in [2.45, 2.75) is 53.1 Å². The van der Waals surface area contributed by atoms with Crippen molar-refractivity contribution in [3.63, 3.8) is 0 Å². The summed E-state index contributed by atoms with van der Waals surface area (Å²) >= 11 is 0. The second kappa shape index (κ2) is 6.40. The van der Waals surface area contributed by atoms with Crippen LogP contribution in [-0.4, -0.2) is 41.7 Å². The summed E-state index contributed by atoms with van der Waals surface area (Å²) in [6, 6.07) is -0.246. The molecule has 1 amide bonds. The number of sulfone groups is 1. The van der Waals surface area contributed by atoms with Crippen LogP contribution in [-0.2, 0) is 27.6 Å². The number of rotatable bonds is 5.